The highest BCUT2D eigenvalue weighted by molar-refractivity contribution is 9.10. The van der Waals surface area contributed by atoms with Crippen molar-refractivity contribution in [3.8, 4) is 0 Å². The molecule has 1 aliphatic rings. The summed E-state index contributed by atoms with van der Waals surface area (Å²) < 4.78 is 0.965. The van der Waals surface area contributed by atoms with Crippen LogP contribution in [0.2, 0.25) is 0 Å². The molecule has 3 heteroatoms. The quantitative estimate of drug-likeness (QED) is 0.825. The molecular formula is C11H15BrN2. The maximum Gasteiger partial charge on any atom is 0.109 e. The Kier molecular flexibility index (Phi) is 2.88. The standard InChI is InChI=1S/C11H15BrN2/c12-10-9(4-3-7-14-10)11(8-13)5-1-2-6-11/h3-4,7H,1-2,5-6,8,13H2. The number of aromatic nitrogens is 1. The van der Waals surface area contributed by atoms with E-state index in [1.807, 2.05) is 12.3 Å². The van der Waals surface area contributed by atoms with Crippen molar-refractivity contribution in [1.29, 1.82) is 0 Å². The monoisotopic (exact) mass is 254 g/mol. The summed E-state index contributed by atoms with van der Waals surface area (Å²) in [6.07, 6.45) is 6.80. The summed E-state index contributed by atoms with van der Waals surface area (Å²) >= 11 is 3.52. The molecule has 2 rings (SSSR count). The van der Waals surface area contributed by atoms with E-state index >= 15 is 0 Å². The van der Waals surface area contributed by atoms with Gasteiger partial charge in [-0.1, -0.05) is 18.9 Å². The summed E-state index contributed by atoms with van der Waals surface area (Å²) in [4.78, 5) is 4.28. The van der Waals surface area contributed by atoms with Crippen molar-refractivity contribution in [3.05, 3.63) is 28.5 Å². The smallest absolute Gasteiger partial charge is 0.109 e. The van der Waals surface area contributed by atoms with E-state index < -0.39 is 0 Å². The molecule has 0 bridgehead atoms. The first-order chi connectivity index (χ1) is 6.78. The second-order valence-electron chi connectivity index (χ2n) is 4.03. The van der Waals surface area contributed by atoms with Gasteiger partial charge in [-0.05, 0) is 40.4 Å². The number of halogens is 1. The second kappa shape index (κ2) is 3.99. The third-order valence-electron chi connectivity index (χ3n) is 3.28. The third-order valence-corrected chi connectivity index (χ3v) is 3.91. The molecule has 1 aromatic heterocycles. The topological polar surface area (TPSA) is 38.9 Å². The van der Waals surface area contributed by atoms with Crippen molar-refractivity contribution < 1.29 is 0 Å². The van der Waals surface area contributed by atoms with Gasteiger partial charge in [0, 0.05) is 18.2 Å². The fourth-order valence-electron chi connectivity index (χ4n) is 2.42. The minimum absolute atomic E-state index is 0.188. The minimum atomic E-state index is 0.188. The average Bonchev–Trinajstić information content (AvgIpc) is 2.68. The van der Waals surface area contributed by atoms with Crippen LogP contribution in [0.1, 0.15) is 31.2 Å². The lowest BCUT2D eigenvalue weighted by atomic mass is 9.80. The van der Waals surface area contributed by atoms with E-state index in [4.69, 9.17) is 5.73 Å². The van der Waals surface area contributed by atoms with Crippen LogP contribution < -0.4 is 5.73 Å². The van der Waals surface area contributed by atoms with Gasteiger partial charge >= 0.3 is 0 Å². The van der Waals surface area contributed by atoms with Gasteiger partial charge in [0.1, 0.15) is 4.60 Å². The molecule has 0 unspecified atom stereocenters. The molecule has 0 amide bonds. The van der Waals surface area contributed by atoms with Gasteiger partial charge in [-0.2, -0.15) is 0 Å². The van der Waals surface area contributed by atoms with Gasteiger partial charge in [0.25, 0.3) is 0 Å². The predicted molar refractivity (Wildman–Crippen MR) is 61.1 cm³/mol. The maximum absolute atomic E-state index is 5.92. The zero-order valence-corrected chi connectivity index (χ0v) is 9.76. The Morgan fingerprint density at radius 2 is 2.14 bits per heavy atom. The van der Waals surface area contributed by atoms with Gasteiger partial charge in [0.15, 0.2) is 0 Å². The Balaban J connectivity index is 2.41. The second-order valence-corrected chi connectivity index (χ2v) is 4.78. The first-order valence-electron chi connectivity index (χ1n) is 5.10. The van der Waals surface area contributed by atoms with E-state index in [0.29, 0.717) is 0 Å². The number of hydrogen-bond acceptors (Lipinski definition) is 2. The minimum Gasteiger partial charge on any atom is -0.330 e. The zero-order chi connectivity index (χ0) is 10.0. The first kappa shape index (κ1) is 10.1. The van der Waals surface area contributed by atoms with E-state index in [-0.39, 0.29) is 5.41 Å². The highest BCUT2D eigenvalue weighted by atomic mass is 79.9. The van der Waals surface area contributed by atoms with Crippen LogP contribution in [-0.2, 0) is 5.41 Å². The molecule has 1 aliphatic carbocycles. The van der Waals surface area contributed by atoms with Crippen LogP contribution in [0.25, 0.3) is 0 Å². The molecule has 1 aromatic rings. The molecule has 14 heavy (non-hydrogen) atoms. The van der Waals surface area contributed by atoms with E-state index in [9.17, 15) is 0 Å². The summed E-state index contributed by atoms with van der Waals surface area (Å²) in [5, 5.41) is 0. The van der Waals surface area contributed by atoms with E-state index in [1.165, 1.54) is 31.2 Å². The number of nitrogens with zero attached hydrogens (tertiary/aromatic N) is 1. The van der Waals surface area contributed by atoms with Crippen LogP contribution in [-0.4, -0.2) is 11.5 Å². The Hall–Kier alpha value is -0.410. The number of hydrogen-bond donors (Lipinski definition) is 1. The third kappa shape index (κ3) is 1.59. The molecule has 0 atom stereocenters. The Labute approximate surface area is 93.0 Å². The molecule has 1 saturated carbocycles. The van der Waals surface area contributed by atoms with E-state index in [1.54, 1.807) is 0 Å². The number of rotatable bonds is 2. The molecule has 76 valence electrons. The Morgan fingerprint density at radius 3 is 2.71 bits per heavy atom. The van der Waals surface area contributed by atoms with Crippen LogP contribution >= 0.6 is 15.9 Å². The molecule has 0 aromatic carbocycles. The number of nitrogens with two attached hydrogens (primary N) is 1. The lowest BCUT2D eigenvalue weighted by Gasteiger charge is -2.28. The summed E-state index contributed by atoms with van der Waals surface area (Å²) in [6, 6.07) is 4.14. The highest BCUT2D eigenvalue weighted by Crippen LogP contribution is 2.42. The van der Waals surface area contributed by atoms with Crippen LogP contribution in [0.3, 0.4) is 0 Å². The zero-order valence-electron chi connectivity index (χ0n) is 8.17. The molecule has 2 nitrogen and oxygen atoms in total. The van der Waals surface area contributed by atoms with Crippen LogP contribution in [0, 0.1) is 0 Å². The molecule has 1 fully saturated rings. The van der Waals surface area contributed by atoms with Gasteiger partial charge in [-0.15, -0.1) is 0 Å². The van der Waals surface area contributed by atoms with Crippen molar-refractivity contribution in [2.75, 3.05) is 6.54 Å². The lowest BCUT2D eigenvalue weighted by molar-refractivity contribution is 0.449. The van der Waals surface area contributed by atoms with Crippen molar-refractivity contribution in [2.45, 2.75) is 31.1 Å². The first-order valence-corrected chi connectivity index (χ1v) is 5.89. The molecule has 1 heterocycles. The average molecular weight is 255 g/mol. The van der Waals surface area contributed by atoms with Crippen molar-refractivity contribution in [3.63, 3.8) is 0 Å². The molecular weight excluding hydrogens is 240 g/mol. The van der Waals surface area contributed by atoms with Gasteiger partial charge in [-0.25, -0.2) is 4.98 Å². The van der Waals surface area contributed by atoms with Gasteiger partial charge in [0.05, 0.1) is 0 Å². The predicted octanol–water partition coefficient (Wildman–Crippen LogP) is 2.61. The van der Waals surface area contributed by atoms with Crippen molar-refractivity contribution >= 4 is 15.9 Å². The van der Waals surface area contributed by atoms with Gasteiger partial charge in [-0.3, -0.25) is 0 Å². The molecule has 2 N–H and O–H groups in total. The fourth-order valence-corrected chi connectivity index (χ4v) is 3.09. The summed E-state index contributed by atoms with van der Waals surface area (Å²) in [7, 11) is 0. The Bertz CT molecular complexity index is 319. The number of pyridine rings is 1. The summed E-state index contributed by atoms with van der Waals surface area (Å²) in [5.41, 5.74) is 7.40. The Morgan fingerprint density at radius 1 is 1.43 bits per heavy atom. The molecule has 0 spiro atoms. The summed E-state index contributed by atoms with van der Waals surface area (Å²) in [6.45, 7) is 0.733. The molecule has 0 aliphatic heterocycles. The normalized spacial score (nSPS) is 19.9. The maximum atomic E-state index is 5.92. The van der Waals surface area contributed by atoms with Crippen LogP contribution in [0.5, 0.6) is 0 Å². The van der Waals surface area contributed by atoms with E-state index in [0.717, 1.165) is 11.1 Å². The lowest BCUT2D eigenvalue weighted by Crippen LogP contribution is -2.32. The van der Waals surface area contributed by atoms with Gasteiger partial charge < -0.3 is 5.73 Å². The largest absolute Gasteiger partial charge is 0.330 e. The van der Waals surface area contributed by atoms with Crippen molar-refractivity contribution in [1.82, 2.24) is 4.98 Å². The molecule has 0 radical (unpaired) electrons. The summed E-state index contributed by atoms with van der Waals surface area (Å²) in [5.74, 6) is 0. The van der Waals surface area contributed by atoms with Crippen molar-refractivity contribution in [2.24, 2.45) is 5.73 Å². The van der Waals surface area contributed by atoms with Gasteiger partial charge in [0.2, 0.25) is 0 Å². The molecule has 0 saturated heterocycles. The fraction of sp³-hybridized carbons (Fsp3) is 0.545. The van der Waals surface area contributed by atoms with Crippen LogP contribution in [0.4, 0.5) is 0 Å². The SMILES string of the molecule is NCC1(c2cccnc2Br)CCCC1. The highest BCUT2D eigenvalue weighted by Gasteiger charge is 2.35. The van der Waals surface area contributed by atoms with E-state index in [2.05, 4.69) is 27.0 Å². The van der Waals surface area contributed by atoms with Crippen LogP contribution in [0.15, 0.2) is 22.9 Å².